The average molecular weight is 552 g/mol. The molecule has 1 N–H and O–H groups in total. The van der Waals surface area contributed by atoms with Crippen molar-refractivity contribution in [2.45, 2.75) is 58.9 Å². The number of nitrogens with zero attached hydrogens (tertiary/aromatic N) is 6. The van der Waals surface area contributed by atoms with E-state index in [1.165, 1.54) is 36.3 Å². The number of aliphatic imine (C=N–C) groups is 1. The fourth-order valence-corrected chi connectivity index (χ4v) is 4.58. The van der Waals surface area contributed by atoms with Crippen LogP contribution >= 0.6 is 24.0 Å². The van der Waals surface area contributed by atoms with Crippen molar-refractivity contribution in [3.8, 4) is 0 Å². The van der Waals surface area contributed by atoms with Gasteiger partial charge in [0.25, 0.3) is 0 Å². The first-order valence-electron chi connectivity index (χ1n) is 12.0. The molecule has 3 heterocycles. The first-order chi connectivity index (χ1) is 15.2. The van der Waals surface area contributed by atoms with Crippen LogP contribution in [0.3, 0.4) is 0 Å². The van der Waals surface area contributed by atoms with Crippen LogP contribution in [0.5, 0.6) is 0 Å². The summed E-state index contributed by atoms with van der Waals surface area (Å²) in [5, 5.41) is 12.4. The second-order valence-electron chi connectivity index (χ2n) is 8.65. The van der Waals surface area contributed by atoms with Crippen LogP contribution in [-0.2, 0) is 19.4 Å². The molecule has 7 nitrogen and oxygen atoms in total. The Morgan fingerprint density at radius 1 is 1.06 bits per heavy atom. The van der Waals surface area contributed by atoms with Gasteiger partial charge in [-0.05, 0) is 50.8 Å². The molecule has 2 aromatic rings. The van der Waals surface area contributed by atoms with Crippen molar-refractivity contribution in [2.24, 2.45) is 4.99 Å². The zero-order valence-corrected chi connectivity index (χ0v) is 21.9. The molecule has 1 fully saturated rings. The molecule has 1 saturated heterocycles. The zero-order valence-electron chi connectivity index (χ0n) is 19.6. The van der Waals surface area contributed by atoms with E-state index in [1.807, 2.05) is 0 Å². The Balaban J connectivity index is 0.00000289. The van der Waals surface area contributed by atoms with Crippen molar-refractivity contribution >= 4 is 35.6 Å². The summed E-state index contributed by atoms with van der Waals surface area (Å²) in [6.07, 6.45) is 6.83. The minimum Gasteiger partial charge on any atom is -0.368 e. The van der Waals surface area contributed by atoms with E-state index in [9.17, 15) is 0 Å². The van der Waals surface area contributed by atoms with Gasteiger partial charge in [-0.2, -0.15) is 0 Å². The van der Waals surface area contributed by atoms with Crippen LogP contribution < -0.4 is 10.2 Å². The van der Waals surface area contributed by atoms with Crippen molar-refractivity contribution in [2.75, 3.05) is 44.2 Å². The second kappa shape index (κ2) is 12.4. The Bertz CT molecular complexity index is 871. The Labute approximate surface area is 209 Å². The Kier molecular flexibility index (Phi) is 9.62. The standard InChI is InChI=1S/C24H37N7.HI/c1-3-25-24(30-17-15-29(16-18-30)21-10-7-9-20(2)19-21)26-13-8-12-23-28-27-22-11-5-4-6-14-31(22)23;/h7,9-10,19H,3-6,8,11-18H2,1-2H3,(H,25,26);1H. The van der Waals surface area contributed by atoms with E-state index in [0.29, 0.717) is 0 Å². The van der Waals surface area contributed by atoms with Gasteiger partial charge in [-0.25, -0.2) is 0 Å². The third-order valence-corrected chi connectivity index (χ3v) is 6.29. The van der Waals surface area contributed by atoms with Crippen molar-refractivity contribution in [1.29, 1.82) is 0 Å². The molecule has 0 aliphatic carbocycles. The summed E-state index contributed by atoms with van der Waals surface area (Å²) in [5.74, 6) is 3.37. The molecular formula is C24H38IN7. The van der Waals surface area contributed by atoms with Gasteiger partial charge in [0.1, 0.15) is 11.6 Å². The van der Waals surface area contributed by atoms with E-state index < -0.39 is 0 Å². The highest BCUT2D eigenvalue weighted by atomic mass is 127. The molecule has 0 saturated carbocycles. The summed E-state index contributed by atoms with van der Waals surface area (Å²) in [4.78, 5) is 9.81. The van der Waals surface area contributed by atoms with E-state index in [1.54, 1.807) is 0 Å². The van der Waals surface area contributed by atoms with E-state index in [0.717, 1.165) is 76.9 Å². The Morgan fingerprint density at radius 3 is 2.69 bits per heavy atom. The molecule has 0 spiro atoms. The number of hydrogen-bond donors (Lipinski definition) is 1. The molecule has 2 aliphatic rings. The molecule has 176 valence electrons. The lowest BCUT2D eigenvalue weighted by atomic mass is 10.2. The number of aromatic nitrogens is 3. The third kappa shape index (κ3) is 6.36. The number of piperazine rings is 1. The summed E-state index contributed by atoms with van der Waals surface area (Å²) in [7, 11) is 0. The predicted octanol–water partition coefficient (Wildman–Crippen LogP) is 3.65. The highest BCUT2D eigenvalue weighted by Gasteiger charge is 2.20. The second-order valence-corrected chi connectivity index (χ2v) is 8.65. The number of rotatable bonds is 6. The van der Waals surface area contributed by atoms with Crippen molar-refractivity contribution in [3.63, 3.8) is 0 Å². The highest BCUT2D eigenvalue weighted by Crippen LogP contribution is 2.18. The summed E-state index contributed by atoms with van der Waals surface area (Å²) < 4.78 is 2.35. The largest absolute Gasteiger partial charge is 0.368 e. The van der Waals surface area contributed by atoms with Gasteiger partial charge in [0.15, 0.2) is 5.96 Å². The molecule has 1 aromatic heterocycles. The van der Waals surface area contributed by atoms with Crippen LogP contribution in [0.15, 0.2) is 29.3 Å². The highest BCUT2D eigenvalue weighted by molar-refractivity contribution is 14.0. The normalized spacial score (nSPS) is 16.9. The quantitative estimate of drug-likeness (QED) is 0.257. The van der Waals surface area contributed by atoms with Crippen LogP contribution in [-0.4, -0.2) is 64.9 Å². The summed E-state index contributed by atoms with van der Waals surface area (Å²) in [6.45, 7) is 11.1. The first-order valence-corrected chi connectivity index (χ1v) is 12.0. The van der Waals surface area contributed by atoms with Gasteiger partial charge in [-0.15, -0.1) is 34.2 Å². The van der Waals surface area contributed by atoms with Crippen LogP contribution in [0.1, 0.15) is 49.8 Å². The first kappa shape index (κ1) is 24.8. The minimum absolute atomic E-state index is 0. The molecule has 32 heavy (non-hydrogen) atoms. The van der Waals surface area contributed by atoms with Gasteiger partial charge >= 0.3 is 0 Å². The average Bonchev–Trinajstić information content (AvgIpc) is 3.01. The van der Waals surface area contributed by atoms with Gasteiger partial charge in [0.2, 0.25) is 0 Å². The molecule has 0 amide bonds. The van der Waals surface area contributed by atoms with Crippen molar-refractivity contribution in [1.82, 2.24) is 25.0 Å². The lowest BCUT2D eigenvalue weighted by molar-refractivity contribution is 0.372. The molecule has 0 radical (unpaired) electrons. The van der Waals surface area contributed by atoms with Crippen LogP contribution in [0.25, 0.3) is 0 Å². The van der Waals surface area contributed by atoms with Gasteiger partial charge in [-0.3, -0.25) is 4.99 Å². The van der Waals surface area contributed by atoms with Crippen LogP contribution in [0.2, 0.25) is 0 Å². The maximum absolute atomic E-state index is 4.93. The number of guanidine groups is 1. The molecule has 0 atom stereocenters. The van der Waals surface area contributed by atoms with Crippen molar-refractivity contribution < 1.29 is 0 Å². The number of halogens is 1. The fourth-order valence-electron chi connectivity index (χ4n) is 4.58. The molecule has 2 aliphatic heterocycles. The molecule has 4 rings (SSSR count). The van der Waals surface area contributed by atoms with Gasteiger partial charge in [0, 0.05) is 64.3 Å². The van der Waals surface area contributed by atoms with Gasteiger partial charge in [0.05, 0.1) is 0 Å². The van der Waals surface area contributed by atoms with Gasteiger partial charge < -0.3 is 19.7 Å². The summed E-state index contributed by atoms with van der Waals surface area (Å²) in [5.41, 5.74) is 2.65. The van der Waals surface area contributed by atoms with Gasteiger partial charge in [-0.1, -0.05) is 18.6 Å². The lowest BCUT2D eigenvalue weighted by Crippen LogP contribution is -2.52. The van der Waals surface area contributed by atoms with E-state index >= 15 is 0 Å². The Morgan fingerprint density at radius 2 is 1.91 bits per heavy atom. The summed E-state index contributed by atoms with van der Waals surface area (Å²) in [6, 6.07) is 8.80. The maximum atomic E-state index is 4.93. The van der Waals surface area contributed by atoms with E-state index in [-0.39, 0.29) is 24.0 Å². The SMILES string of the molecule is CCNC(=NCCCc1nnc2n1CCCCC2)N1CCN(c2cccc(C)c2)CC1.I. The minimum atomic E-state index is 0. The number of benzene rings is 1. The maximum Gasteiger partial charge on any atom is 0.194 e. The van der Waals surface area contributed by atoms with Crippen molar-refractivity contribution in [3.05, 3.63) is 41.5 Å². The monoisotopic (exact) mass is 551 g/mol. The number of anilines is 1. The summed E-state index contributed by atoms with van der Waals surface area (Å²) >= 11 is 0. The smallest absolute Gasteiger partial charge is 0.194 e. The third-order valence-electron chi connectivity index (χ3n) is 6.29. The lowest BCUT2D eigenvalue weighted by Gasteiger charge is -2.37. The predicted molar refractivity (Wildman–Crippen MR) is 142 cm³/mol. The molecular weight excluding hydrogens is 513 g/mol. The molecule has 8 heteroatoms. The van der Waals surface area contributed by atoms with Crippen LogP contribution in [0, 0.1) is 6.92 Å². The molecule has 1 aromatic carbocycles. The topological polar surface area (TPSA) is 61.6 Å². The molecule has 0 bridgehead atoms. The number of nitrogens with one attached hydrogen (secondary N) is 1. The molecule has 0 unspecified atom stereocenters. The number of aryl methyl sites for hydroxylation is 3. The number of hydrogen-bond acceptors (Lipinski definition) is 4. The zero-order chi connectivity index (χ0) is 21.5. The number of fused-ring (bicyclic) bond motifs is 1. The Hall–Kier alpha value is -1.84. The van der Waals surface area contributed by atoms with E-state index in [4.69, 9.17) is 4.99 Å². The fraction of sp³-hybridized carbons (Fsp3) is 0.625. The van der Waals surface area contributed by atoms with E-state index in [2.05, 4.69) is 68.0 Å². The van der Waals surface area contributed by atoms with Crippen LogP contribution in [0.4, 0.5) is 5.69 Å².